The smallest absolute Gasteiger partial charge is 0.398 e. The first kappa shape index (κ1) is 12.6. The van der Waals surface area contributed by atoms with Gasteiger partial charge < -0.3 is 13.9 Å². The Hall–Kier alpha value is -1.40. The van der Waals surface area contributed by atoms with Gasteiger partial charge >= 0.3 is 7.12 Å². The zero-order valence-electron chi connectivity index (χ0n) is 12.0. The topological polar surface area (TPSA) is 49.2 Å². The van der Waals surface area contributed by atoms with E-state index in [1.165, 1.54) is 0 Å². The second-order valence-corrected chi connectivity index (χ2v) is 5.98. The number of fused-ring (bicyclic) bond motifs is 1. The summed E-state index contributed by atoms with van der Waals surface area (Å²) in [6.07, 6.45) is 3.38. The summed E-state index contributed by atoms with van der Waals surface area (Å²) in [7, 11) is 1.57. The van der Waals surface area contributed by atoms with Crippen LogP contribution in [0.4, 0.5) is 0 Å². The predicted octanol–water partition coefficient (Wildman–Crippen LogP) is 1.27. The minimum Gasteiger partial charge on any atom is -0.398 e. The van der Waals surface area contributed by atoms with Gasteiger partial charge in [0.2, 0.25) is 0 Å². The molecule has 0 aliphatic carbocycles. The Labute approximate surface area is 113 Å². The molecule has 6 heteroatoms. The molecule has 1 saturated heterocycles. The summed E-state index contributed by atoms with van der Waals surface area (Å²) in [6.45, 7) is 8.19. The van der Waals surface area contributed by atoms with Gasteiger partial charge in [-0.3, -0.25) is 4.98 Å². The van der Waals surface area contributed by atoms with Crippen molar-refractivity contribution in [3.8, 4) is 0 Å². The van der Waals surface area contributed by atoms with E-state index in [0.29, 0.717) is 0 Å². The van der Waals surface area contributed by atoms with Crippen molar-refractivity contribution in [2.45, 2.75) is 38.9 Å². The molecule has 100 valence electrons. The van der Waals surface area contributed by atoms with Gasteiger partial charge in [-0.2, -0.15) is 0 Å². The van der Waals surface area contributed by atoms with Gasteiger partial charge in [0.1, 0.15) is 5.52 Å². The largest absolute Gasteiger partial charge is 0.512 e. The fraction of sp³-hybridized carbons (Fsp3) is 0.538. The number of nitrogens with zero attached hydrogens (tertiary/aromatic N) is 3. The Bertz CT molecular complexity index is 620. The monoisotopic (exact) mass is 259 g/mol. The van der Waals surface area contributed by atoms with Gasteiger partial charge in [0, 0.05) is 19.4 Å². The summed E-state index contributed by atoms with van der Waals surface area (Å²) < 4.78 is 14.1. The molecule has 2 aromatic heterocycles. The van der Waals surface area contributed by atoms with E-state index in [-0.39, 0.29) is 18.3 Å². The molecule has 0 atom stereocenters. The van der Waals surface area contributed by atoms with Crippen molar-refractivity contribution in [3.05, 3.63) is 18.5 Å². The van der Waals surface area contributed by atoms with Gasteiger partial charge in [-0.25, -0.2) is 4.98 Å². The molecule has 0 bridgehead atoms. The van der Waals surface area contributed by atoms with E-state index in [0.717, 1.165) is 16.8 Å². The van der Waals surface area contributed by atoms with E-state index in [2.05, 4.69) is 9.97 Å². The van der Waals surface area contributed by atoms with Crippen LogP contribution in [0.5, 0.6) is 0 Å². The zero-order valence-corrected chi connectivity index (χ0v) is 12.0. The summed E-state index contributed by atoms with van der Waals surface area (Å²) in [4.78, 5) is 8.65. The van der Waals surface area contributed by atoms with Crippen molar-refractivity contribution < 1.29 is 9.31 Å². The second kappa shape index (κ2) is 3.80. The third-order valence-corrected chi connectivity index (χ3v) is 4.19. The van der Waals surface area contributed by atoms with Gasteiger partial charge in [-0.1, -0.05) is 0 Å². The highest BCUT2D eigenvalue weighted by Gasteiger charge is 2.52. The van der Waals surface area contributed by atoms with Crippen LogP contribution in [0.3, 0.4) is 0 Å². The molecule has 1 aliphatic rings. The third kappa shape index (κ3) is 1.78. The number of aryl methyl sites for hydroxylation is 1. The average molecular weight is 259 g/mol. The first-order chi connectivity index (χ1) is 8.82. The Morgan fingerprint density at radius 1 is 1.05 bits per heavy atom. The summed E-state index contributed by atoms with van der Waals surface area (Å²) in [6, 6.07) is 1.98. The number of hydrogen-bond acceptors (Lipinski definition) is 4. The molecule has 0 saturated carbocycles. The predicted molar refractivity (Wildman–Crippen MR) is 74.2 cm³/mol. The maximum Gasteiger partial charge on any atom is 0.512 e. The molecule has 0 spiro atoms. The molecule has 3 heterocycles. The summed E-state index contributed by atoms with van der Waals surface area (Å²) in [5.74, 6) is 0. The lowest BCUT2D eigenvalue weighted by molar-refractivity contribution is 0.00578. The van der Waals surface area contributed by atoms with Crippen molar-refractivity contribution in [3.63, 3.8) is 0 Å². The first-order valence-electron chi connectivity index (χ1n) is 6.44. The van der Waals surface area contributed by atoms with E-state index >= 15 is 0 Å². The number of rotatable bonds is 1. The van der Waals surface area contributed by atoms with Crippen molar-refractivity contribution in [1.29, 1.82) is 0 Å². The summed E-state index contributed by atoms with van der Waals surface area (Å²) in [5.41, 5.74) is 1.96. The van der Waals surface area contributed by atoms with Gasteiger partial charge in [-0.05, 0) is 33.8 Å². The quantitative estimate of drug-likeness (QED) is 0.723. The van der Waals surface area contributed by atoms with Crippen LogP contribution >= 0.6 is 0 Å². The molecule has 0 radical (unpaired) electrons. The molecule has 1 aliphatic heterocycles. The highest BCUT2D eigenvalue weighted by atomic mass is 16.7. The van der Waals surface area contributed by atoms with Gasteiger partial charge in [0.15, 0.2) is 5.65 Å². The van der Waals surface area contributed by atoms with E-state index in [1.54, 1.807) is 12.4 Å². The molecule has 5 nitrogen and oxygen atoms in total. The van der Waals surface area contributed by atoms with Crippen LogP contribution in [0.15, 0.2) is 18.5 Å². The van der Waals surface area contributed by atoms with Crippen LogP contribution in [-0.2, 0) is 16.4 Å². The Balaban J connectivity index is 2.05. The lowest BCUT2D eigenvalue weighted by Crippen LogP contribution is -2.41. The highest BCUT2D eigenvalue weighted by Crippen LogP contribution is 2.36. The van der Waals surface area contributed by atoms with Crippen LogP contribution in [0.1, 0.15) is 27.7 Å². The maximum absolute atomic E-state index is 6.06. The maximum atomic E-state index is 6.06. The lowest BCUT2D eigenvalue weighted by Gasteiger charge is -2.32. The van der Waals surface area contributed by atoms with Crippen LogP contribution in [-0.4, -0.2) is 32.9 Å². The van der Waals surface area contributed by atoms with Gasteiger partial charge in [-0.15, -0.1) is 0 Å². The Kier molecular flexibility index (Phi) is 2.53. The first-order valence-corrected chi connectivity index (χ1v) is 6.44. The number of aromatic nitrogens is 3. The Morgan fingerprint density at radius 3 is 2.21 bits per heavy atom. The van der Waals surface area contributed by atoms with Crippen molar-refractivity contribution in [2.24, 2.45) is 7.05 Å². The van der Waals surface area contributed by atoms with Crippen LogP contribution < -0.4 is 5.59 Å². The second-order valence-electron chi connectivity index (χ2n) is 5.98. The molecule has 0 N–H and O–H groups in total. The molecule has 0 amide bonds. The molecule has 1 fully saturated rings. The van der Waals surface area contributed by atoms with E-state index in [4.69, 9.17) is 9.31 Å². The molecule has 2 aromatic rings. The van der Waals surface area contributed by atoms with Crippen LogP contribution in [0, 0.1) is 0 Å². The van der Waals surface area contributed by atoms with Gasteiger partial charge in [0.05, 0.1) is 16.8 Å². The third-order valence-electron chi connectivity index (χ3n) is 4.19. The SMILES string of the molecule is Cn1c(B2OC(C)(C)C(C)(C)O2)cc2nccnc21. The summed E-state index contributed by atoms with van der Waals surface area (Å²) >= 11 is 0. The normalized spacial score (nSPS) is 21.2. The van der Waals surface area contributed by atoms with E-state index < -0.39 is 0 Å². The zero-order chi connectivity index (χ0) is 13.8. The minimum atomic E-state index is -0.383. The fourth-order valence-corrected chi connectivity index (χ4v) is 2.25. The van der Waals surface area contributed by atoms with Crippen molar-refractivity contribution >= 4 is 23.9 Å². The lowest BCUT2D eigenvalue weighted by atomic mass is 9.85. The molecular weight excluding hydrogens is 241 g/mol. The summed E-state index contributed by atoms with van der Waals surface area (Å²) in [5, 5.41) is 0. The number of hydrogen-bond donors (Lipinski definition) is 0. The van der Waals surface area contributed by atoms with E-state index in [1.807, 2.05) is 45.4 Å². The molecule has 19 heavy (non-hydrogen) atoms. The minimum absolute atomic E-state index is 0.338. The molecule has 0 unspecified atom stereocenters. The Morgan fingerprint density at radius 2 is 1.63 bits per heavy atom. The van der Waals surface area contributed by atoms with Crippen LogP contribution in [0.2, 0.25) is 0 Å². The molecular formula is C13H18BN3O2. The fourth-order valence-electron chi connectivity index (χ4n) is 2.25. The average Bonchev–Trinajstić information content (AvgIpc) is 2.76. The van der Waals surface area contributed by atoms with E-state index in [9.17, 15) is 0 Å². The standard InChI is InChI=1S/C13H18BN3O2/c1-12(2)13(3,4)19-14(18-12)10-8-9-11(17(10)5)16-7-6-15-9/h6-8H,1-5H3. The van der Waals surface area contributed by atoms with Crippen molar-refractivity contribution in [2.75, 3.05) is 0 Å². The molecule has 3 rings (SSSR count). The van der Waals surface area contributed by atoms with Crippen LogP contribution in [0.25, 0.3) is 11.2 Å². The van der Waals surface area contributed by atoms with Gasteiger partial charge in [0.25, 0.3) is 0 Å². The van der Waals surface area contributed by atoms with Crippen molar-refractivity contribution in [1.82, 2.24) is 14.5 Å². The molecule has 0 aromatic carbocycles. The highest BCUT2D eigenvalue weighted by molar-refractivity contribution is 6.61.